The molecule has 29 heavy (non-hydrogen) atoms. The molecular weight excluding hydrogens is 366 g/mol. The van der Waals surface area contributed by atoms with E-state index in [1.807, 2.05) is 48.5 Å². The number of hydrogen-bond donors (Lipinski definition) is 2. The molecule has 1 aliphatic heterocycles. The monoisotopic (exact) mass is 393 g/mol. The molecule has 2 fully saturated rings. The molecule has 6 nitrogen and oxygen atoms in total. The Bertz CT molecular complexity index is 867. The van der Waals surface area contributed by atoms with Crippen molar-refractivity contribution in [3.05, 3.63) is 54.1 Å². The quantitative estimate of drug-likeness (QED) is 0.708. The summed E-state index contributed by atoms with van der Waals surface area (Å²) in [7, 11) is 1.62. The first kappa shape index (κ1) is 19.3. The third kappa shape index (κ3) is 4.21. The summed E-state index contributed by atoms with van der Waals surface area (Å²) in [5.41, 5.74) is 1.93. The summed E-state index contributed by atoms with van der Waals surface area (Å²) in [6, 6.07) is 15.4. The van der Waals surface area contributed by atoms with E-state index in [0.717, 1.165) is 30.1 Å². The van der Waals surface area contributed by atoms with Gasteiger partial charge < -0.3 is 20.3 Å². The number of nitrogens with one attached hydrogen (secondary N) is 2. The van der Waals surface area contributed by atoms with E-state index in [1.165, 1.54) is 18.5 Å². The molecule has 0 spiro atoms. The number of benzene rings is 2. The van der Waals surface area contributed by atoms with Gasteiger partial charge in [0.2, 0.25) is 11.8 Å². The standard InChI is InChI=1S/C23H27N3O3/c1-29-20-10-4-17(5-11-20)16-24-21(27)23(12-13-23)22(28)25-18-6-8-19(9-7-18)26-14-2-3-15-26/h4-11H,2-3,12-16H2,1H3,(H,24,27)(H,25,28). The first-order chi connectivity index (χ1) is 14.1. The number of carbonyl (C=O) groups is 2. The van der Waals surface area contributed by atoms with Crippen LogP contribution in [0.5, 0.6) is 5.75 Å². The zero-order chi connectivity index (χ0) is 20.3. The highest BCUT2D eigenvalue weighted by molar-refractivity contribution is 6.13. The Morgan fingerprint density at radius 3 is 2.21 bits per heavy atom. The van der Waals surface area contributed by atoms with Gasteiger partial charge in [-0.05, 0) is 67.6 Å². The third-order valence-electron chi connectivity index (χ3n) is 5.83. The smallest absolute Gasteiger partial charge is 0.240 e. The van der Waals surface area contributed by atoms with Gasteiger partial charge in [-0.25, -0.2) is 0 Å². The highest BCUT2D eigenvalue weighted by Gasteiger charge is 2.56. The van der Waals surface area contributed by atoms with Crippen LogP contribution >= 0.6 is 0 Å². The van der Waals surface area contributed by atoms with Gasteiger partial charge in [0, 0.05) is 31.0 Å². The average molecular weight is 393 g/mol. The fourth-order valence-corrected chi connectivity index (χ4v) is 3.76. The first-order valence-corrected chi connectivity index (χ1v) is 10.2. The van der Waals surface area contributed by atoms with E-state index in [2.05, 4.69) is 15.5 Å². The summed E-state index contributed by atoms with van der Waals surface area (Å²) < 4.78 is 5.14. The maximum absolute atomic E-state index is 12.8. The molecule has 2 aliphatic rings. The summed E-state index contributed by atoms with van der Waals surface area (Å²) >= 11 is 0. The molecule has 1 saturated heterocycles. The van der Waals surface area contributed by atoms with E-state index >= 15 is 0 Å². The Morgan fingerprint density at radius 2 is 1.62 bits per heavy atom. The van der Waals surface area contributed by atoms with Crippen molar-refractivity contribution >= 4 is 23.2 Å². The van der Waals surface area contributed by atoms with Gasteiger partial charge >= 0.3 is 0 Å². The van der Waals surface area contributed by atoms with Crippen molar-refractivity contribution in [3.63, 3.8) is 0 Å². The van der Waals surface area contributed by atoms with Crippen molar-refractivity contribution in [1.82, 2.24) is 5.32 Å². The van der Waals surface area contributed by atoms with Crippen LogP contribution in [0, 0.1) is 5.41 Å². The fraction of sp³-hybridized carbons (Fsp3) is 0.391. The maximum Gasteiger partial charge on any atom is 0.240 e. The van der Waals surface area contributed by atoms with E-state index in [0.29, 0.717) is 19.4 Å². The van der Waals surface area contributed by atoms with Gasteiger partial charge in [0.05, 0.1) is 7.11 Å². The molecule has 0 atom stereocenters. The number of rotatable bonds is 7. The van der Waals surface area contributed by atoms with Crippen LogP contribution in [-0.4, -0.2) is 32.0 Å². The molecule has 2 N–H and O–H groups in total. The Hall–Kier alpha value is -3.02. The molecule has 0 unspecified atom stereocenters. The van der Waals surface area contributed by atoms with E-state index < -0.39 is 5.41 Å². The Kier molecular flexibility index (Phi) is 5.43. The van der Waals surface area contributed by atoms with Crippen molar-refractivity contribution in [2.24, 2.45) is 5.41 Å². The molecule has 152 valence electrons. The molecule has 0 aromatic heterocycles. The highest BCUT2D eigenvalue weighted by atomic mass is 16.5. The first-order valence-electron chi connectivity index (χ1n) is 10.2. The lowest BCUT2D eigenvalue weighted by Crippen LogP contribution is -2.39. The molecule has 4 rings (SSSR count). The summed E-state index contributed by atoms with van der Waals surface area (Å²) in [5, 5.41) is 5.83. The van der Waals surface area contributed by atoms with Crippen molar-refractivity contribution < 1.29 is 14.3 Å². The maximum atomic E-state index is 12.8. The average Bonchev–Trinajstić information content (AvgIpc) is 3.40. The van der Waals surface area contributed by atoms with Gasteiger partial charge in [0.25, 0.3) is 0 Å². The molecule has 2 aromatic carbocycles. The largest absolute Gasteiger partial charge is 0.497 e. The van der Waals surface area contributed by atoms with Crippen LogP contribution in [0.1, 0.15) is 31.2 Å². The van der Waals surface area contributed by atoms with Crippen LogP contribution in [0.4, 0.5) is 11.4 Å². The van der Waals surface area contributed by atoms with Crippen molar-refractivity contribution in [2.75, 3.05) is 30.4 Å². The van der Waals surface area contributed by atoms with Crippen LogP contribution in [0.15, 0.2) is 48.5 Å². The Balaban J connectivity index is 1.33. The van der Waals surface area contributed by atoms with Crippen molar-refractivity contribution in [3.8, 4) is 5.75 Å². The van der Waals surface area contributed by atoms with Crippen LogP contribution in [0.25, 0.3) is 0 Å². The number of carbonyl (C=O) groups excluding carboxylic acids is 2. The predicted molar refractivity (Wildman–Crippen MR) is 113 cm³/mol. The van der Waals surface area contributed by atoms with Crippen LogP contribution in [0.3, 0.4) is 0 Å². The summed E-state index contributed by atoms with van der Waals surface area (Å²) in [6.07, 6.45) is 3.62. The molecule has 0 bridgehead atoms. The number of ether oxygens (including phenoxy) is 1. The molecule has 1 heterocycles. The van der Waals surface area contributed by atoms with E-state index in [4.69, 9.17) is 4.74 Å². The Morgan fingerprint density at radius 1 is 0.966 bits per heavy atom. The van der Waals surface area contributed by atoms with Gasteiger partial charge in [-0.1, -0.05) is 12.1 Å². The zero-order valence-corrected chi connectivity index (χ0v) is 16.7. The van der Waals surface area contributed by atoms with Gasteiger partial charge in [0.15, 0.2) is 0 Å². The minimum atomic E-state index is -0.944. The van der Waals surface area contributed by atoms with Gasteiger partial charge in [-0.2, -0.15) is 0 Å². The predicted octanol–water partition coefficient (Wildman–Crippen LogP) is 3.33. The summed E-state index contributed by atoms with van der Waals surface area (Å²) in [4.78, 5) is 27.8. The second kappa shape index (κ2) is 8.15. The topological polar surface area (TPSA) is 70.7 Å². The fourth-order valence-electron chi connectivity index (χ4n) is 3.76. The molecule has 0 radical (unpaired) electrons. The molecular formula is C23H27N3O3. The van der Waals surface area contributed by atoms with Crippen LogP contribution in [0.2, 0.25) is 0 Å². The van der Waals surface area contributed by atoms with Gasteiger partial charge in [-0.3, -0.25) is 9.59 Å². The molecule has 6 heteroatoms. The SMILES string of the molecule is COc1ccc(CNC(=O)C2(C(=O)Nc3ccc(N4CCCC4)cc3)CC2)cc1. The Labute approximate surface area is 171 Å². The normalized spacial score (nSPS) is 16.9. The lowest BCUT2D eigenvalue weighted by molar-refractivity contribution is -0.134. The lowest BCUT2D eigenvalue weighted by atomic mass is 10.0. The van der Waals surface area contributed by atoms with Crippen molar-refractivity contribution in [1.29, 1.82) is 0 Å². The van der Waals surface area contributed by atoms with Crippen LogP contribution in [-0.2, 0) is 16.1 Å². The van der Waals surface area contributed by atoms with E-state index in [9.17, 15) is 9.59 Å². The van der Waals surface area contributed by atoms with E-state index in [1.54, 1.807) is 7.11 Å². The molecule has 2 amide bonds. The summed E-state index contributed by atoms with van der Waals surface area (Å²) in [6.45, 7) is 2.56. The van der Waals surface area contributed by atoms with Crippen LogP contribution < -0.4 is 20.3 Å². The zero-order valence-electron chi connectivity index (χ0n) is 16.7. The molecule has 1 aliphatic carbocycles. The molecule has 1 saturated carbocycles. The number of anilines is 2. The number of amides is 2. The van der Waals surface area contributed by atoms with Crippen molar-refractivity contribution in [2.45, 2.75) is 32.2 Å². The second-order valence-electron chi connectivity index (χ2n) is 7.81. The number of nitrogens with zero attached hydrogens (tertiary/aromatic N) is 1. The number of hydrogen-bond acceptors (Lipinski definition) is 4. The third-order valence-corrected chi connectivity index (χ3v) is 5.83. The lowest BCUT2D eigenvalue weighted by Gasteiger charge is -2.19. The van der Waals surface area contributed by atoms with Gasteiger partial charge in [-0.15, -0.1) is 0 Å². The summed E-state index contributed by atoms with van der Waals surface area (Å²) in [5.74, 6) is 0.340. The molecule has 2 aromatic rings. The van der Waals surface area contributed by atoms with Gasteiger partial charge in [0.1, 0.15) is 11.2 Å². The minimum absolute atomic E-state index is 0.209. The minimum Gasteiger partial charge on any atom is -0.497 e. The highest BCUT2D eigenvalue weighted by Crippen LogP contribution is 2.47. The van der Waals surface area contributed by atoms with E-state index in [-0.39, 0.29) is 11.8 Å². The number of methoxy groups -OCH3 is 1. The second-order valence-corrected chi connectivity index (χ2v) is 7.81.